The van der Waals surface area contributed by atoms with Gasteiger partial charge in [0.05, 0.1) is 21.3 Å². The molecule has 4 rings (SSSR count). The van der Waals surface area contributed by atoms with Crippen LogP contribution in [-0.4, -0.2) is 35.3 Å². The third kappa shape index (κ3) is 2.51. The van der Waals surface area contributed by atoms with Crippen LogP contribution in [0.5, 0.6) is 0 Å². The van der Waals surface area contributed by atoms with Crippen LogP contribution in [-0.2, 0) is 9.59 Å². The van der Waals surface area contributed by atoms with Gasteiger partial charge in [0.25, 0.3) is 11.8 Å². The fourth-order valence-corrected chi connectivity index (χ4v) is 4.03. The van der Waals surface area contributed by atoms with Gasteiger partial charge >= 0.3 is 0 Å². The molecular weight excluding hydrogens is 389 g/mol. The number of hydrogen-bond acceptors (Lipinski definition) is 3. The molecular formula is C19H15Cl2N3O3. The molecule has 27 heavy (non-hydrogen) atoms. The summed E-state index contributed by atoms with van der Waals surface area (Å²) in [4.78, 5) is 41.6. The minimum atomic E-state index is -1.42. The van der Waals surface area contributed by atoms with Crippen molar-refractivity contribution in [2.45, 2.75) is 18.5 Å². The van der Waals surface area contributed by atoms with E-state index >= 15 is 0 Å². The molecule has 1 saturated heterocycles. The first-order valence-electron chi connectivity index (χ1n) is 8.33. The predicted octanol–water partition coefficient (Wildman–Crippen LogP) is 3.54. The number of benzene rings is 2. The Bertz CT molecular complexity index is 994. The Hall–Kier alpha value is -2.57. The number of amides is 3. The molecule has 0 aromatic heterocycles. The molecule has 2 aliphatic rings. The van der Waals surface area contributed by atoms with Crippen molar-refractivity contribution < 1.29 is 14.4 Å². The molecule has 138 valence electrons. The van der Waals surface area contributed by atoms with Crippen molar-refractivity contribution in [3.05, 3.63) is 58.1 Å². The molecule has 0 saturated carbocycles. The minimum Gasteiger partial charge on any atom is -0.322 e. The van der Waals surface area contributed by atoms with E-state index < -0.39 is 11.6 Å². The van der Waals surface area contributed by atoms with Gasteiger partial charge in [-0.15, -0.1) is 0 Å². The van der Waals surface area contributed by atoms with Crippen LogP contribution in [0.25, 0.3) is 0 Å². The third-order valence-electron chi connectivity index (χ3n) is 5.08. The molecule has 1 unspecified atom stereocenters. The van der Waals surface area contributed by atoms with Gasteiger partial charge in [0.2, 0.25) is 11.6 Å². The van der Waals surface area contributed by atoms with Gasteiger partial charge in [-0.25, -0.2) is 0 Å². The van der Waals surface area contributed by atoms with Crippen molar-refractivity contribution in [2.75, 3.05) is 17.3 Å². The van der Waals surface area contributed by atoms with Gasteiger partial charge in [0, 0.05) is 25.6 Å². The second kappa shape index (κ2) is 6.25. The lowest BCUT2D eigenvalue weighted by Crippen LogP contribution is -2.68. The third-order valence-corrected chi connectivity index (χ3v) is 5.82. The Labute approximate surface area is 165 Å². The maximum absolute atomic E-state index is 13.3. The van der Waals surface area contributed by atoms with Crippen LogP contribution in [0.15, 0.2) is 42.5 Å². The highest BCUT2D eigenvalue weighted by atomic mass is 35.5. The summed E-state index contributed by atoms with van der Waals surface area (Å²) < 4.78 is 0. The van der Waals surface area contributed by atoms with E-state index in [4.69, 9.17) is 23.2 Å². The van der Waals surface area contributed by atoms with Crippen LogP contribution in [0, 0.1) is 0 Å². The lowest BCUT2D eigenvalue weighted by Gasteiger charge is -2.47. The van der Waals surface area contributed by atoms with E-state index in [9.17, 15) is 14.4 Å². The average Bonchev–Trinajstić information content (AvgIpc) is 3.01. The number of anilines is 2. The molecule has 1 fully saturated rings. The van der Waals surface area contributed by atoms with E-state index in [2.05, 4.69) is 5.32 Å². The minimum absolute atomic E-state index is 0.167. The Morgan fingerprint density at radius 3 is 2.59 bits per heavy atom. The monoisotopic (exact) mass is 403 g/mol. The molecule has 2 heterocycles. The second-order valence-electron chi connectivity index (χ2n) is 6.51. The van der Waals surface area contributed by atoms with E-state index in [1.165, 1.54) is 22.9 Å². The molecule has 3 amide bonds. The number of halogens is 2. The van der Waals surface area contributed by atoms with Crippen molar-refractivity contribution >= 4 is 52.3 Å². The van der Waals surface area contributed by atoms with Gasteiger partial charge in [-0.3, -0.25) is 19.3 Å². The summed E-state index contributed by atoms with van der Waals surface area (Å²) in [7, 11) is 1.54. The highest BCUT2D eigenvalue weighted by Gasteiger charge is 2.59. The zero-order chi connectivity index (χ0) is 19.3. The molecule has 1 atom stereocenters. The number of para-hydroxylation sites is 1. The SMILES string of the molecule is CN1C(=O)c2ccccc2N2C(=O)CCC12C(=O)Nc1ccc(Cl)c(Cl)c1. The van der Waals surface area contributed by atoms with Crippen LogP contribution < -0.4 is 10.2 Å². The highest BCUT2D eigenvalue weighted by Crippen LogP contribution is 2.44. The summed E-state index contributed by atoms with van der Waals surface area (Å²) in [5, 5.41) is 3.44. The zero-order valence-corrected chi connectivity index (χ0v) is 15.8. The first-order chi connectivity index (χ1) is 12.9. The van der Waals surface area contributed by atoms with Crippen LogP contribution in [0.3, 0.4) is 0 Å². The van der Waals surface area contributed by atoms with Gasteiger partial charge < -0.3 is 10.2 Å². The van der Waals surface area contributed by atoms with E-state index in [0.29, 0.717) is 27.0 Å². The van der Waals surface area contributed by atoms with Gasteiger partial charge in [0.15, 0.2) is 0 Å². The fourth-order valence-electron chi connectivity index (χ4n) is 3.73. The van der Waals surface area contributed by atoms with Gasteiger partial charge in [-0.2, -0.15) is 0 Å². The first-order valence-corrected chi connectivity index (χ1v) is 9.08. The molecule has 0 aliphatic carbocycles. The van der Waals surface area contributed by atoms with Gasteiger partial charge in [-0.1, -0.05) is 35.3 Å². The Morgan fingerprint density at radius 1 is 1.11 bits per heavy atom. The molecule has 0 radical (unpaired) electrons. The summed E-state index contributed by atoms with van der Waals surface area (Å²) in [6.07, 6.45) is 0.371. The standard InChI is InChI=1S/C19H15Cl2N3O3/c1-23-17(26)12-4-2-3-5-15(12)24-16(25)8-9-19(23,24)18(27)22-11-6-7-13(20)14(21)10-11/h2-7,10H,8-9H2,1H3,(H,22,27). The number of nitrogens with one attached hydrogen (secondary N) is 1. The van der Waals surface area contributed by atoms with E-state index in [1.807, 2.05) is 0 Å². The number of fused-ring (bicyclic) bond motifs is 3. The molecule has 2 aliphatic heterocycles. The van der Waals surface area contributed by atoms with Crippen molar-refractivity contribution in [1.82, 2.24) is 4.90 Å². The molecule has 0 bridgehead atoms. The van der Waals surface area contributed by atoms with Crippen LogP contribution in [0.4, 0.5) is 11.4 Å². The number of rotatable bonds is 2. The quantitative estimate of drug-likeness (QED) is 0.833. The van der Waals surface area contributed by atoms with E-state index in [0.717, 1.165) is 0 Å². The molecule has 0 spiro atoms. The largest absolute Gasteiger partial charge is 0.322 e. The number of carbonyl (C=O) groups is 3. The lowest BCUT2D eigenvalue weighted by atomic mass is 9.96. The smallest absolute Gasteiger partial charge is 0.271 e. The maximum atomic E-state index is 13.3. The summed E-state index contributed by atoms with van der Waals surface area (Å²) >= 11 is 11.9. The van der Waals surface area contributed by atoms with E-state index in [1.54, 1.807) is 36.4 Å². The molecule has 2 aromatic rings. The summed E-state index contributed by atoms with van der Waals surface area (Å²) in [5.74, 6) is -0.982. The predicted molar refractivity (Wildman–Crippen MR) is 103 cm³/mol. The Kier molecular flexibility index (Phi) is 4.13. The second-order valence-corrected chi connectivity index (χ2v) is 7.32. The summed E-state index contributed by atoms with van der Waals surface area (Å²) in [6, 6.07) is 11.5. The number of hydrogen-bond donors (Lipinski definition) is 1. The van der Waals surface area contributed by atoms with Crippen molar-refractivity contribution in [2.24, 2.45) is 0 Å². The van der Waals surface area contributed by atoms with Crippen molar-refractivity contribution in [3.63, 3.8) is 0 Å². The van der Waals surface area contributed by atoms with Gasteiger partial charge in [0.1, 0.15) is 0 Å². The van der Waals surface area contributed by atoms with E-state index in [-0.39, 0.29) is 24.7 Å². The lowest BCUT2D eigenvalue weighted by molar-refractivity contribution is -0.128. The highest BCUT2D eigenvalue weighted by molar-refractivity contribution is 6.42. The number of nitrogens with zero attached hydrogens (tertiary/aromatic N) is 2. The Morgan fingerprint density at radius 2 is 1.85 bits per heavy atom. The zero-order valence-electron chi connectivity index (χ0n) is 14.3. The van der Waals surface area contributed by atoms with Crippen LogP contribution in [0.2, 0.25) is 10.0 Å². The summed E-state index contributed by atoms with van der Waals surface area (Å²) in [5.41, 5.74) is -0.141. The number of likely N-dealkylation sites (N-methyl/N-ethyl adjacent to an activating group) is 1. The first kappa shape index (κ1) is 17.8. The maximum Gasteiger partial charge on any atom is 0.271 e. The molecule has 2 aromatic carbocycles. The molecule has 1 N–H and O–H groups in total. The topological polar surface area (TPSA) is 69.7 Å². The van der Waals surface area contributed by atoms with Crippen molar-refractivity contribution in [1.29, 1.82) is 0 Å². The fraction of sp³-hybridized carbons (Fsp3) is 0.211. The van der Waals surface area contributed by atoms with Gasteiger partial charge in [-0.05, 0) is 30.3 Å². The molecule has 8 heteroatoms. The van der Waals surface area contributed by atoms with Crippen LogP contribution >= 0.6 is 23.2 Å². The van der Waals surface area contributed by atoms with Crippen LogP contribution in [0.1, 0.15) is 23.2 Å². The average molecular weight is 404 g/mol. The molecule has 6 nitrogen and oxygen atoms in total. The Balaban J connectivity index is 1.79. The summed E-state index contributed by atoms with van der Waals surface area (Å²) in [6.45, 7) is 0. The van der Waals surface area contributed by atoms with Crippen molar-refractivity contribution in [3.8, 4) is 0 Å². The normalized spacial score (nSPS) is 21.1. The number of carbonyl (C=O) groups excluding carboxylic acids is 3.